The second-order valence-electron chi connectivity index (χ2n) is 7.90. The zero-order chi connectivity index (χ0) is 24.0. The van der Waals surface area contributed by atoms with E-state index in [1.807, 2.05) is 20.8 Å². The molecular weight excluding hydrogens is 422 g/mol. The average Bonchev–Trinajstić information content (AvgIpc) is 3.07. The van der Waals surface area contributed by atoms with Crippen LogP contribution in [0.15, 0.2) is 48.0 Å². The minimum atomic E-state index is -0.735. The lowest BCUT2D eigenvalue weighted by Crippen LogP contribution is -2.30. The van der Waals surface area contributed by atoms with E-state index in [2.05, 4.69) is 0 Å². The molecule has 1 heterocycles. The van der Waals surface area contributed by atoms with Gasteiger partial charge >= 0.3 is 0 Å². The van der Waals surface area contributed by atoms with Crippen molar-refractivity contribution < 1.29 is 29.3 Å². The number of carbonyl (C=O) groups is 2. The summed E-state index contributed by atoms with van der Waals surface area (Å²) < 4.78 is 11.1. The van der Waals surface area contributed by atoms with Gasteiger partial charge in [0, 0.05) is 12.1 Å². The van der Waals surface area contributed by atoms with Gasteiger partial charge in [-0.3, -0.25) is 9.59 Å². The predicted molar refractivity (Wildman–Crippen MR) is 125 cm³/mol. The molecule has 0 radical (unpaired) electrons. The average molecular weight is 454 g/mol. The SMILES string of the molecule is CCCCN1C(=O)C(=O)/C(=C(/O)c2ccc(OCC)c(C)c2)C1c1cccc(OCCO)c1. The number of nitrogens with zero attached hydrogens (tertiary/aromatic N) is 1. The standard InChI is InChI=1S/C26H31NO6/c1-4-6-12-27-23(18-8-7-9-20(16-18)33-14-13-28)22(25(30)26(27)31)24(29)19-10-11-21(32-5-2)17(3)15-19/h7-11,15-16,23,28-29H,4-6,12-14H2,1-3H3/b24-22+. The van der Waals surface area contributed by atoms with Crippen LogP contribution in [-0.4, -0.2) is 53.2 Å². The first-order valence-electron chi connectivity index (χ1n) is 11.3. The summed E-state index contributed by atoms with van der Waals surface area (Å²) in [5.74, 6) is -0.339. The van der Waals surface area contributed by atoms with Crippen LogP contribution >= 0.6 is 0 Å². The molecule has 2 aromatic rings. The van der Waals surface area contributed by atoms with Crippen LogP contribution in [0.5, 0.6) is 11.5 Å². The molecule has 1 aliphatic rings. The number of aliphatic hydroxyl groups is 2. The van der Waals surface area contributed by atoms with Gasteiger partial charge in [0.25, 0.3) is 11.7 Å². The molecule has 0 saturated carbocycles. The van der Waals surface area contributed by atoms with E-state index in [9.17, 15) is 14.7 Å². The van der Waals surface area contributed by atoms with Crippen molar-refractivity contribution in [2.24, 2.45) is 0 Å². The fourth-order valence-electron chi connectivity index (χ4n) is 3.99. The number of unbranched alkanes of at least 4 members (excludes halogenated alkanes) is 1. The lowest BCUT2D eigenvalue weighted by molar-refractivity contribution is -0.139. The highest BCUT2D eigenvalue weighted by Gasteiger charge is 2.45. The normalized spacial score (nSPS) is 17.5. The van der Waals surface area contributed by atoms with Crippen molar-refractivity contribution in [2.45, 2.75) is 39.7 Å². The zero-order valence-corrected chi connectivity index (χ0v) is 19.3. The number of aliphatic hydroxyl groups excluding tert-OH is 2. The van der Waals surface area contributed by atoms with Crippen molar-refractivity contribution in [1.82, 2.24) is 4.90 Å². The number of hydrogen-bond acceptors (Lipinski definition) is 6. The van der Waals surface area contributed by atoms with Crippen LogP contribution in [0.2, 0.25) is 0 Å². The molecule has 0 aliphatic carbocycles. The number of benzene rings is 2. The lowest BCUT2D eigenvalue weighted by atomic mass is 9.94. The van der Waals surface area contributed by atoms with E-state index in [1.165, 1.54) is 4.90 Å². The molecule has 3 rings (SSSR count). The van der Waals surface area contributed by atoms with Gasteiger partial charge in [-0.15, -0.1) is 0 Å². The van der Waals surface area contributed by atoms with Crippen molar-refractivity contribution in [3.63, 3.8) is 0 Å². The summed E-state index contributed by atoms with van der Waals surface area (Å²) in [4.78, 5) is 27.6. The summed E-state index contributed by atoms with van der Waals surface area (Å²) in [6.07, 6.45) is 1.58. The number of amides is 1. The summed E-state index contributed by atoms with van der Waals surface area (Å²) in [6.45, 7) is 6.68. The number of Topliss-reactive ketones (excluding diaryl/α,β-unsaturated/α-hetero) is 1. The Bertz CT molecular complexity index is 1040. The Morgan fingerprint density at radius 2 is 1.88 bits per heavy atom. The van der Waals surface area contributed by atoms with E-state index < -0.39 is 17.7 Å². The molecule has 2 aromatic carbocycles. The van der Waals surface area contributed by atoms with Crippen molar-refractivity contribution in [3.8, 4) is 11.5 Å². The number of rotatable bonds is 10. The highest BCUT2D eigenvalue weighted by Crippen LogP contribution is 2.40. The topological polar surface area (TPSA) is 96.3 Å². The smallest absolute Gasteiger partial charge is 0.295 e. The van der Waals surface area contributed by atoms with Gasteiger partial charge in [-0.1, -0.05) is 25.5 Å². The molecule has 0 aromatic heterocycles. The van der Waals surface area contributed by atoms with E-state index >= 15 is 0 Å². The number of ether oxygens (including phenoxy) is 2. The summed E-state index contributed by atoms with van der Waals surface area (Å²) in [6, 6.07) is 11.5. The van der Waals surface area contributed by atoms with Crippen LogP contribution in [0.3, 0.4) is 0 Å². The first-order chi connectivity index (χ1) is 15.9. The number of hydrogen-bond donors (Lipinski definition) is 2. The van der Waals surface area contributed by atoms with E-state index in [0.29, 0.717) is 35.8 Å². The third-order valence-electron chi connectivity index (χ3n) is 5.57. The van der Waals surface area contributed by atoms with Gasteiger partial charge in [0.05, 0.1) is 24.8 Å². The Labute approximate surface area is 194 Å². The van der Waals surface area contributed by atoms with E-state index in [-0.39, 0.29) is 24.5 Å². The quantitative estimate of drug-likeness (QED) is 0.321. The lowest BCUT2D eigenvalue weighted by Gasteiger charge is -2.25. The van der Waals surface area contributed by atoms with E-state index in [0.717, 1.165) is 18.4 Å². The van der Waals surface area contributed by atoms with Crippen molar-refractivity contribution >= 4 is 17.4 Å². The van der Waals surface area contributed by atoms with Gasteiger partial charge in [-0.05, 0) is 61.7 Å². The van der Waals surface area contributed by atoms with Gasteiger partial charge in [-0.2, -0.15) is 0 Å². The van der Waals surface area contributed by atoms with Crippen molar-refractivity contribution in [1.29, 1.82) is 0 Å². The minimum Gasteiger partial charge on any atom is -0.507 e. The van der Waals surface area contributed by atoms with Crippen molar-refractivity contribution in [3.05, 3.63) is 64.7 Å². The number of likely N-dealkylation sites (tertiary alicyclic amines) is 1. The van der Waals surface area contributed by atoms with Crippen LogP contribution in [0.25, 0.3) is 5.76 Å². The zero-order valence-electron chi connectivity index (χ0n) is 19.3. The van der Waals surface area contributed by atoms with Gasteiger partial charge in [0.15, 0.2) is 0 Å². The molecular formula is C26H31NO6. The third kappa shape index (κ3) is 5.20. The Hall–Kier alpha value is -3.32. The van der Waals surface area contributed by atoms with Crippen LogP contribution in [0.4, 0.5) is 0 Å². The number of aryl methyl sites for hydroxylation is 1. The van der Waals surface area contributed by atoms with Crippen LogP contribution in [0, 0.1) is 6.92 Å². The Morgan fingerprint density at radius 3 is 2.55 bits per heavy atom. The summed E-state index contributed by atoms with van der Waals surface area (Å²) in [5, 5.41) is 20.3. The first-order valence-corrected chi connectivity index (χ1v) is 11.3. The molecule has 1 amide bonds. The molecule has 2 N–H and O–H groups in total. The highest BCUT2D eigenvalue weighted by atomic mass is 16.5. The monoisotopic (exact) mass is 453 g/mol. The molecule has 1 fully saturated rings. The summed E-state index contributed by atoms with van der Waals surface area (Å²) >= 11 is 0. The molecule has 176 valence electrons. The maximum absolute atomic E-state index is 13.1. The van der Waals surface area contributed by atoms with Crippen LogP contribution < -0.4 is 9.47 Å². The largest absolute Gasteiger partial charge is 0.507 e. The summed E-state index contributed by atoms with van der Waals surface area (Å²) in [5.41, 5.74) is 1.98. The molecule has 7 nitrogen and oxygen atoms in total. The molecule has 1 aliphatic heterocycles. The molecule has 1 atom stereocenters. The molecule has 33 heavy (non-hydrogen) atoms. The Balaban J connectivity index is 2.11. The number of ketones is 1. The first kappa shape index (κ1) is 24.3. The molecule has 7 heteroatoms. The maximum atomic E-state index is 13.1. The fraction of sp³-hybridized carbons (Fsp3) is 0.385. The van der Waals surface area contributed by atoms with Gasteiger partial charge in [-0.25, -0.2) is 0 Å². The van der Waals surface area contributed by atoms with E-state index in [4.69, 9.17) is 14.6 Å². The predicted octanol–water partition coefficient (Wildman–Crippen LogP) is 3.99. The second-order valence-corrected chi connectivity index (χ2v) is 7.90. The van der Waals surface area contributed by atoms with Gasteiger partial charge < -0.3 is 24.6 Å². The van der Waals surface area contributed by atoms with E-state index in [1.54, 1.807) is 42.5 Å². The maximum Gasteiger partial charge on any atom is 0.295 e. The molecule has 0 spiro atoms. The summed E-state index contributed by atoms with van der Waals surface area (Å²) in [7, 11) is 0. The van der Waals surface area contributed by atoms with Crippen LogP contribution in [0.1, 0.15) is 49.4 Å². The second kappa shape index (κ2) is 11.0. The van der Waals surface area contributed by atoms with Crippen LogP contribution in [-0.2, 0) is 9.59 Å². The Morgan fingerprint density at radius 1 is 1.09 bits per heavy atom. The molecule has 0 bridgehead atoms. The van der Waals surface area contributed by atoms with Gasteiger partial charge in [0.2, 0.25) is 0 Å². The Kier molecular flexibility index (Phi) is 8.11. The minimum absolute atomic E-state index is 0.0546. The highest BCUT2D eigenvalue weighted by molar-refractivity contribution is 6.46. The third-order valence-corrected chi connectivity index (χ3v) is 5.57. The fourth-order valence-corrected chi connectivity index (χ4v) is 3.99. The molecule has 1 unspecified atom stereocenters. The van der Waals surface area contributed by atoms with Crippen molar-refractivity contribution in [2.75, 3.05) is 26.4 Å². The number of carbonyl (C=O) groups excluding carboxylic acids is 2. The molecule has 1 saturated heterocycles. The van der Waals surface area contributed by atoms with Gasteiger partial charge in [0.1, 0.15) is 23.9 Å².